The Labute approximate surface area is 109 Å². The van der Waals surface area contributed by atoms with Crippen LogP contribution in [0.1, 0.15) is 5.56 Å². The van der Waals surface area contributed by atoms with Gasteiger partial charge in [-0.05, 0) is 17.7 Å². The molecule has 2 heterocycles. The Morgan fingerprint density at radius 3 is 3.00 bits per heavy atom. The second-order valence-electron chi connectivity index (χ2n) is 4.09. The van der Waals surface area contributed by atoms with Crippen molar-refractivity contribution < 1.29 is 0 Å². The lowest BCUT2D eigenvalue weighted by molar-refractivity contribution is 1.19. The summed E-state index contributed by atoms with van der Waals surface area (Å²) in [6.07, 6.45) is 3.40. The molecule has 0 aliphatic carbocycles. The number of nitrogens with one attached hydrogen (secondary N) is 2. The van der Waals surface area contributed by atoms with Gasteiger partial charge in [0.15, 0.2) is 0 Å². The van der Waals surface area contributed by atoms with Gasteiger partial charge in [0.2, 0.25) is 0 Å². The molecule has 3 aromatic rings. The third-order valence-corrected chi connectivity index (χ3v) is 3.01. The number of fused-ring (bicyclic) bond motifs is 1. The Morgan fingerprint density at radius 1 is 1.32 bits per heavy atom. The number of nitriles is 1. The highest BCUT2D eigenvalue weighted by Crippen LogP contribution is 2.31. The molecule has 0 bridgehead atoms. The first-order valence-corrected chi connectivity index (χ1v) is 5.84. The minimum Gasteiger partial charge on any atom is -0.372 e. The predicted octanol–water partition coefficient (Wildman–Crippen LogP) is 2.54. The SMILES string of the molecule is CNc1ncnc2[nH]cc(-c3cccc(C#N)c3)c12. The second-order valence-corrected chi connectivity index (χ2v) is 4.09. The van der Waals surface area contributed by atoms with Crippen molar-refractivity contribution >= 4 is 16.9 Å². The van der Waals surface area contributed by atoms with Crippen LogP contribution in [0.4, 0.5) is 5.82 Å². The molecular weight excluding hydrogens is 238 g/mol. The van der Waals surface area contributed by atoms with Crippen molar-refractivity contribution in [1.29, 1.82) is 5.26 Å². The van der Waals surface area contributed by atoms with Crippen LogP contribution in [0.25, 0.3) is 22.2 Å². The number of nitrogens with zero attached hydrogens (tertiary/aromatic N) is 3. The van der Waals surface area contributed by atoms with E-state index in [1.54, 1.807) is 6.07 Å². The van der Waals surface area contributed by atoms with E-state index in [-0.39, 0.29) is 0 Å². The quantitative estimate of drug-likeness (QED) is 0.731. The van der Waals surface area contributed by atoms with Gasteiger partial charge >= 0.3 is 0 Å². The number of H-pyrrole nitrogens is 1. The van der Waals surface area contributed by atoms with Gasteiger partial charge in [-0.25, -0.2) is 9.97 Å². The monoisotopic (exact) mass is 249 g/mol. The molecule has 2 aromatic heterocycles. The molecule has 0 saturated heterocycles. The molecular formula is C14H11N5. The zero-order valence-corrected chi connectivity index (χ0v) is 10.3. The van der Waals surface area contributed by atoms with Crippen molar-refractivity contribution in [2.75, 3.05) is 12.4 Å². The molecule has 0 saturated carbocycles. The van der Waals surface area contributed by atoms with E-state index in [9.17, 15) is 0 Å². The van der Waals surface area contributed by atoms with Crippen LogP contribution in [0.2, 0.25) is 0 Å². The normalized spacial score (nSPS) is 10.3. The van der Waals surface area contributed by atoms with Crippen molar-refractivity contribution in [3.63, 3.8) is 0 Å². The fraction of sp³-hybridized carbons (Fsp3) is 0.0714. The summed E-state index contributed by atoms with van der Waals surface area (Å²) >= 11 is 0. The zero-order chi connectivity index (χ0) is 13.2. The molecule has 5 nitrogen and oxygen atoms in total. The first-order chi connectivity index (χ1) is 9.33. The molecule has 19 heavy (non-hydrogen) atoms. The van der Waals surface area contributed by atoms with Crippen molar-refractivity contribution in [2.45, 2.75) is 0 Å². The van der Waals surface area contributed by atoms with E-state index >= 15 is 0 Å². The lowest BCUT2D eigenvalue weighted by Crippen LogP contribution is -1.94. The molecule has 0 atom stereocenters. The molecule has 0 radical (unpaired) electrons. The average Bonchev–Trinajstić information content (AvgIpc) is 2.91. The summed E-state index contributed by atoms with van der Waals surface area (Å²) in [5, 5.41) is 13.0. The smallest absolute Gasteiger partial charge is 0.143 e. The summed E-state index contributed by atoms with van der Waals surface area (Å²) in [7, 11) is 1.82. The summed E-state index contributed by atoms with van der Waals surface area (Å²) in [4.78, 5) is 11.6. The fourth-order valence-corrected chi connectivity index (χ4v) is 2.14. The zero-order valence-electron chi connectivity index (χ0n) is 10.3. The van der Waals surface area contributed by atoms with Gasteiger partial charge in [-0.1, -0.05) is 12.1 Å². The second kappa shape index (κ2) is 4.42. The molecule has 0 aliphatic heterocycles. The van der Waals surface area contributed by atoms with Gasteiger partial charge in [0.05, 0.1) is 17.0 Å². The van der Waals surface area contributed by atoms with E-state index in [0.29, 0.717) is 5.56 Å². The molecule has 1 aromatic carbocycles. The molecule has 2 N–H and O–H groups in total. The molecule has 0 spiro atoms. The van der Waals surface area contributed by atoms with Gasteiger partial charge in [-0.2, -0.15) is 5.26 Å². The van der Waals surface area contributed by atoms with Gasteiger partial charge in [0, 0.05) is 18.8 Å². The predicted molar refractivity (Wildman–Crippen MR) is 73.6 cm³/mol. The van der Waals surface area contributed by atoms with E-state index in [1.807, 2.05) is 31.4 Å². The van der Waals surface area contributed by atoms with Crippen LogP contribution in [-0.4, -0.2) is 22.0 Å². The van der Waals surface area contributed by atoms with Crippen LogP contribution < -0.4 is 5.32 Å². The van der Waals surface area contributed by atoms with Crippen molar-refractivity contribution in [3.8, 4) is 17.2 Å². The number of aromatic nitrogens is 3. The van der Waals surface area contributed by atoms with E-state index < -0.39 is 0 Å². The van der Waals surface area contributed by atoms with E-state index in [1.165, 1.54) is 6.33 Å². The largest absolute Gasteiger partial charge is 0.372 e. The lowest BCUT2D eigenvalue weighted by Gasteiger charge is -2.04. The topological polar surface area (TPSA) is 77.4 Å². The van der Waals surface area contributed by atoms with Crippen LogP contribution in [0, 0.1) is 11.3 Å². The van der Waals surface area contributed by atoms with Crippen LogP contribution >= 0.6 is 0 Å². The highest BCUT2D eigenvalue weighted by atomic mass is 15.0. The highest BCUT2D eigenvalue weighted by Gasteiger charge is 2.11. The summed E-state index contributed by atoms with van der Waals surface area (Å²) < 4.78 is 0. The van der Waals surface area contributed by atoms with Crippen molar-refractivity contribution in [2.24, 2.45) is 0 Å². The Bertz CT molecular complexity index is 782. The number of hydrogen-bond donors (Lipinski definition) is 2. The third kappa shape index (κ3) is 1.79. The fourth-order valence-electron chi connectivity index (χ4n) is 2.14. The first kappa shape index (κ1) is 11.2. The van der Waals surface area contributed by atoms with E-state index in [2.05, 4.69) is 26.3 Å². The maximum absolute atomic E-state index is 8.98. The van der Waals surface area contributed by atoms with Gasteiger partial charge in [-0.3, -0.25) is 0 Å². The van der Waals surface area contributed by atoms with Crippen LogP contribution in [-0.2, 0) is 0 Å². The van der Waals surface area contributed by atoms with Gasteiger partial charge in [-0.15, -0.1) is 0 Å². The molecule has 0 fully saturated rings. The lowest BCUT2D eigenvalue weighted by atomic mass is 10.0. The summed E-state index contributed by atoms with van der Waals surface area (Å²) in [5.74, 6) is 0.767. The molecule has 0 unspecified atom stereocenters. The number of hydrogen-bond acceptors (Lipinski definition) is 4. The summed E-state index contributed by atoms with van der Waals surface area (Å²) in [6.45, 7) is 0. The number of benzene rings is 1. The standard InChI is InChI=1S/C14H11N5/c1-16-13-12-11(7-17-14(12)19-8-18-13)10-4-2-3-9(5-10)6-15/h2-5,7-8H,1H3,(H2,16,17,18,19). The van der Waals surface area contributed by atoms with Gasteiger partial charge in [0.25, 0.3) is 0 Å². The maximum atomic E-state index is 8.98. The molecule has 5 heteroatoms. The van der Waals surface area contributed by atoms with Gasteiger partial charge < -0.3 is 10.3 Å². The van der Waals surface area contributed by atoms with E-state index in [4.69, 9.17) is 5.26 Å². The molecule has 3 rings (SSSR count). The summed E-state index contributed by atoms with van der Waals surface area (Å²) in [6, 6.07) is 9.63. The number of anilines is 1. The third-order valence-electron chi connectivity index (χ3n) is 3.01. The van der Waals surface area contributed by atoms with Gasteiger partial charge in [0.1, 0.15) is 17.8 Å². The molecule has 0 amide bonds. The Kier molecular flexibility index (Phi) is 2.62. The Morgan fingerprint density at radius 2 is 2.21 bits per heavy atom. The van der Waals surface area contributed by atoms with Crippen LogP contribution in [0.5, 0.6) is 0 Å². The molecule has 0 aliphatic rings. The average molecular weight is 249 g/mol. The first-order valence-electron chi connectivity index (χ1n) is 5.84. The van der Waals surface area contributed by atoms with Crippen LogP contribution in [0.15, 0.2) is 36.8 Å². The van der Waals surface area contributed by atoms with Crippen LogP contribution in [0.3, 0.4) is 0 Å². The Hall–Kier alpha value is -2.87. The maximum Gasteiger partial charge on any atom is 0.143 e. The minimum absolute atomic E-state index is 0.634. The van der Waals surface area contributed by atoms with Crippen molar-refractivity contribution in [3.05, 3.63) is 42.4 Å². The number of aromatic amines is 1. The summed E-state index contributed by atoms with van der Waals surface area (Å²) in [5.41, 5.74) is 3.36. The number of rotatable bonds is 2. The van der Waals surface area contributed by atoms with E-state index in [0.717, 1.165) is 28.0 Å². The Balaban J connectivity index is 2.28. The molecule has 92 valence electrons. The highest BCUT2D eigenvalue weighted by molar-refractivity contribution is 6.00. The minimum atomic E-state index is 0.634. The van der Waals surface area contributed by atoms with Crippen molar-refractivity contribution in [1.82, 2.24) is 15.0 Å².